The van der Waals surface area contributed by atoms with E-state index >= 15 is 0 Å². The summed E-state index contributed by atoms with van der Waals surface area (Å²) >= 11 is 0. The van der Waals surface area contributed by atoms with Gasteiger partial charge in [0, 0.05) is 11.3 Å². The Hall–Kier alpha value is -1.38. The highest BCUT2D eigenvalue weighted by Gasteiger charge is 2.33. The van der Waals surface area contributed by atoms with E-state index in [1.807, 2.05) is 30.3 Å². The average molecular weight is 219 g/mol. The lowest BCUT2D eigenvalue weighted by molar-refractivity contribution is -0.527. The van der Waals surface area contributed by atoms with Crippen LogP contribution in [0.15, 0.2) is 30.3 Å². The standard InChI is InChI=1S/C13H17NO2/c15-14(16)13-10-6-2-5-9-12(13)11-7-3-1-4-8-11/h1,3-4,7-8,12-13H,2,5-6,9-10H2/t12-,13-/m0/s1. The summed E-state index contributed by atoms with van der Waals surface area (Å²) in [4.78, 5) is 11.0. The zero-order valence-corrected chi connectivity index (χ0v) is 9.34. The first-order chi connectivity index (χ1) is 7.79. The molecule has 0 saturated heterocycles. The first-order valence-electron chi connectivity index (χ1n) is 5.97. The molecule has 0 radical (unpaired) electrons. The second kappa shape index (κ2) is 5.10. The number of rotatable bonds is 2. The van der Waals surface area contributed by atoms with Crippen LogP contribution >= 0.6 is 0 Å². The average Bonchev–Trinajstić information content (AvgIpc) is 2.55. The van der Waals surface area contributed by atoms with Crippen LogP contribution in [0.5, 0.6) is 0 Å². The van der Waals surface area contributed by atoms with Crippen molar-refractivity contribution in [1.29, 1.82) is 0 Å². The molecule has 0 aromatic heterocycles. The molecular formula is C13H17NO2. The highest BCUT2D eigenvalue weighted by Crippen LogP contribution is 2.33. The summed E-state index contributed by atoms with van der Waals surface area (Å²) in [6.45, 7) is 0. The summed E-state index contributed by atoms with van der Waals surface area (Å²) in [5.74, 6) is 0.110. The second-order valence-electron chi connectivity index (χ2n) is 4.51. The van der Waals surface area contributed by atoms with Gasteiger partial charge in [-0.3, -0.25) is 10.1 Å². The van der Waals surface area contributed by atoms with Gasteiger partial charge in [-0.1, -0.05) is 43.2 Å². The van der Waals surface area contributed by atoms with E-state index in [1.54, 1.807) is 0 Å². The summed E-state index contributed by atoms with van der Waals surface area (Å²) < 4.78 is 0. The molecule has 1 aromatic carbocycles. The number of hydrogen-bond acceptors (Lipinski definition) is 2. The zero-order chi connectivity index (χ0) is 11.4. The molecule has 1 aliphatic rings. The lowest BCUT2D eigenvalue weighted by Crippen LogP contribution is -2.26. The fraction of sp³-hybridized carbons (Fsp3) is 0.538. The molecule has 0 aliphatic heterocycles. The van der Waals surface area contributed by atoms with Crippen LogP contribution in [0.3, 0.4) is 0 Å². The molecule has 1 fully saturated rings. The predicted molar refractivity (Wildman–Crippen MR) is 63.1 cm³/mol. The van der Waals surface area contributed by atoms with E-state index in [4.69, 9.17) is 0 Å². The van der Waals surface area contributed by atoms with E-state index in [0.29, 0.717) is 0 Å². The molecule has 2 rings (SSSR count). The van der Waals surface area contributed by atoms with Crippen LogP contribution in [0, 0.1) is 10.1 Å². The maximum atomic E-state index is 11.1. The molecule has 0 spiro atoms. The normalized spacial score (nSPS) is 26.0. The van der Waals surface area contributed by atoms with E-state index < -0.39 is 0 Å². The Labute approximate surface area is 95.6 Å². The van der Waals surface area contributed by atoms with E-state index in [0.717, 1.165) is 37.7 Å². The molecule has 1 aromatic rings. The molecule has 0 N–H and O–H groups in total. The molecule has 86 valence electrons. The van der Waals surface area contributed by atoms with Crippen molar-refractivity contribution in [3.63, 3.8) is 0 Å². The molecule has 0 heterocycles. The first kappa shape index (κ1) is 11.1. The smallest absolute Gasteiger partial charge is 0.219 e. The Morgan fingerprint density at radius 1 is 1.06 bits per heavy atom. The third kappa shape index (κ3) is 2.40. The Bertz CT molecular complexity index is 350. The molecule has 1 aliphatic carbocycles. The SMILES string of the molecule is O=[N+]([O-])[C@H]1CCCCC[C@H]1c1ccccc1. The number of nitro groups is 1. The van der Waals surface area contributed by atoms with Crippen LogP contribution < -0.4 is 0 Å². The van der Waals surface area contributed by atoms with Gasteiger partial charge < -0.3 is 0 Å². The maximum absolute atomic E-state index is 11.1. The molecule has 2 atom stereocenters. The molecule has 1 saturated carbocycles. The Morgan fingerprint density at radius 3 is 2.44 bits per heavy atom. The van der Waals surface area contributed by atoms with Crippen molar-refractivity contribution in [2.75, 3.05) is 0 Å². The van der Waals surface area contributed by atoms with Gasteiger partial charge in [0.05, 0.1) is 5.92 Å². The van der Waals surface area contributed by atoms with Gasteiger partial charge in [0.15, 0.2) is 0 Å². The summed E-state index contributed by atoms with van der Waals surface area (Å²) in [6, 6.07) is 9.55. The fourth-order valence-corrected chi connectivity index (χ4v) is 2.63. The highest BCUT2D eigenvalue weighted by atomic mass is 16.6. The molecule has 0 unspecified atom stereocenters. The minimum absolute atomic E-state index is 0.0804. The van der Waals surface area contributed by atoms with Gasteiger partial charge in [0.2, 0.25) is 6.04 Å². The van der Waals surface area contributed by atoms with Crippen molar-refractivity contribution >= 4 is 0 Å². The van der Waals surface area contributed by atoms with Crippen molar-refractivity contribution in [3.05, 3.63) is 46.0 Å². The molecule has 16 heavy (non-hydrogen) atoms. The van der Waals surface area contributed by atoms with Gasteiger partial charge in [-0.05, 0) is 18.4 Å². The van der Waals surface area contributed by atoms with Crippen molar-refractivity contribution in [2.45, 2.75) is 44.1 Å². The minimum Gasteiger partial charge on any atom is -0.264 e. The Morgan fingerprint density at radius 2 is 1.75 bits per heavy atom. The maximum Gasteiger partial charge on any atom is 0.219 e. The van der Waals surface area contributed by atoms with Crippen molar-refractivity contribution in [1.82, 2.24) is 0 Å². The van der Waals surface area contributed by atoms with Gasteiger partial charge in [0.1, 0.15) is 0 Å². The number of benzene rings is 1. The molecule has 3 nitrogen and oxygen atoms in total. The van der Waals surface area contributed by atoms with E-state index in [9.17, 15) is 10.1 Å². The summed E-state index contributed by atoms with van der Waals surface area (Å²) in [5, 5.41) is 11.1. The van der Waals surface area contributed by atoms with Crippen LogP contribution in [0.2, 0.25) is 0 Å². The number of hydrogen-bond donors (Lipinski definition) is 0. The number of nitrogens with zero attached hydrogens (tertiary/aromatic N) is 1. The molecule has 0 amide bonds. The monoisotopic (exact) mass is 219 g/mol. The highest BCUT2D eigenvalue weighted by molar-refractivity contribution is 5.20. The second-order valence-corrected chi connectivity index (χ2v) is 4.51. The topological polar surface area (TPSA) is 43.1 Å². The quantitative estimate of drug-likeness (QED) is 0.434. The summed E-state index contributed by atoms with van der Waals surface area (Å²) in [7, 11) is 0. The van der Waals surface area contributed by atoms with E-state index in [1.165, 1.54) is 0 Å². The summed E-state index contributed by atoms with van der Waals surface area (Å²) in [6.07, 6.45) is 4.93. The van der Waals surface area contributed by atoms with Crippen molar-refractivity contribution in [2.24, 2.45) is 0 Å². The summed E-state index contributed by atoms with van der Waals surface area (Å²) in [5.41, 5.74) is 1.13. The lowest BCUT2D eigenvalue weighted by Gasteiger charge is -2.18. The lowest BCUT2D eigenvalue weighted by atomic mass is 9.88. The fourth-order valence-electron chi connectivity index (χ4n) is 2.63. The predicted octanol–water partition coefficient (Wildman–Crippen LogP) is 3.38. The van der Waals surface area contributed by atoms with Crippen LogP contribution in [0.4, 0.5) is 0 Å². The van der Waals surface area contributed by atoms with E-state index in [2.05, 4.69) is 0 Å². The van der Waals surface area contributed by atoms with Crippen LogP contribution in [-0.2, 0) is 0 Å². The molecule has 3 heteroatoms. The minimum atomic E-state index is -0.384. The first-order valence-corrected chi connectivity index (χ1v) is 5.97. The van der Waals surface area contributed by atoms with Crippen LogP contribution in [0.1, 0.15) is 43.6 Å². The van der Waals surface area contributed by atoms with E-state index in [-0.39, 0.29) is 16.9 Å². The third-order valence-corrected chi connectivity index (χ3v) is 3.48. The Kier molecular flexibility index (Phi) is 3.54. The van der Waals surface area contributed by atoms with Gasteiger partial charge in [0.25, 0.3) is 0 Å². The zero-order valence-electron chi connectivity index (χ0n) is 9.34. The van der Waals surface area contributed by atoms with Gasteiger partial charge in [-0.2, -0.15) is 0 Å². The van der Waals surface area contributed by atoms with Crippen LogP contribution in [0.25, 0.3) is 0 Å². The molecule has 0 bridgehead atoms. The third-order valence-electron chi connectivity index (χ3n) is 3.48. The van der Waals surface area contributed by atoms with Crippen LogP contribution in [-0.4, -0.2) is 11.0 Å². The van der Waals surface area contributed by atoms with Gasteiger partial charge >= 0.3 is 0 Å². The van der Waals surface area contributed by atoms with Gasteiger partial charge in [-0.15, -0.1) is 0 Å². The van der Waals surface area contributed by atoms with Crippen molar-refractivity contribution < 1.29 is 4.92 Å². The largest absolute Gasteiger partial charge is 0.264 e. The Balaban J connectivity index is 2.24. The van der Waals surface area contributed by atoms with Gasteiger partial charge in [-0.25, -0.2) is 0 Å². The van der Waals surface area contributed by atoms with Crippen molar-refractivity contribution in [3.8, 4) is 0 Å². The molecular weight excluding hydrogens is 202 g/mol.